The van der Waals surface area contributed by atoms with E-state index in [4.69, 9.17) is 10.2 Å². The Balaban J connectivity index is 1.87. The smallest absolute Gasteiger partial charge is 0.329 e. The summed E-state index contributed by atoms with van der Waals surface area (Å²) in [6.45, 7) is 2.17. The zero-order valence-corrected chi connectivity index (χ0v) is 15.6. The fourth-order valence-electron chi connectivity index (χ4n) is 3.17. The van der Waals surface area contributed by atoms with Crippen LogP contribution in [0.2, 0.25) is 0 Å². The molecule has 0 spiro atoms. The van der Waals surface area contributed by atoms with Crippen LogP contribution in [0, 0.1) is 0 Å². The molecular weight excluding hydrogens is 360 g/mol. The number of H-pyrrole nitrogens is 1. The van der Waals surface area contributed by atoms with E-state index in [1.807, 2.05) is 43.3 Å². The van der Waals surface area contributed by atoms with Crippen molar-refractivity contribution in [1.82, 2.24) is 9.55 Å². The van der Waals surface area contributed by atoms with Gasteiger partial charge in [0.1, 0.15) is 17.9 Å². The number of nitrogen functional groups attached to an aromatic ring is 1. The van der Waals surface area contributed by atoms with Gasteiger partial charge in [-0.15, -0.1) is 0 Å². The predicted octanol–water partition coefficient (Wildman–Crippen LogP) is 0.658. The van der Waals surface area contributed by atoms with Crippen molar-refractivity contribution in [3.05, 3.63) is 86.5 Å². The van der Waals surface area contributed by atoms with Crippen LogP contribution in [0.15, 0.2) is 62.7 Å². The van der Waals surface area contributed by atoms with E-state index in [0.717, 1.165) is 5.56 Å². The summed E-state index contributed by atoms with van der Waals surface area (Å²) in [5, 5.41) is 1.78. The van der Waals surface area contributed by atoms with Crippen molar-refractivity contribution in [2.75, 3.05) is 12.3 Å². The van der Waals surface area contributed by atoms with Crippen LogP contribution in [0.1, 0.15) is 41.1 Å². The summed E-state index contributed by atoms with van der Waals surface area (Å²) in [6, 6.07) is 13.0. The molecule has 0 saturated carbocycles. The highest BCUT2D eigenvalue weighted by Crippen LogP contribution is 2.18. The van der Waals surface area contributed by atoms with E-state index < -0.39 is 17.0 Å². The summed E-state index contributed by atoms with van der Waals surface area (Å²) < 4.78 is 6.74. The number of aromatic amines is 1. The number of carbonyl (C=O) groups is 1. The number of benzene rings is 1. The molecule has 146 valence electrons. The summed E-state index contributed by atoms with van der Waals surface area (Å²) in [6.07, 6.45) is 2.22. The minimum Gasteiger partial charge on any atom is -0.463 e. The minimum absolute atomic E-state index is 0.0299. The Morgan fingerprint density at radius 2 is 1.96 bits per heavy atom. The van der Waals surface area contributed by atoms with Crippen molar-refractivity contribution in [1.29, 1.82) is 0 Å². The highest BCUT2D eigenvalue weighted by molar-refractivity contribution is 6.00. The van der Waals surface area contributed by atoms with Gasteiger partial charge in [-0.25, -0.2) is 4.79 Å². The third-order valence-corrected chi connectivity index (χ3v) is 4.51. The first-order chi connectivity index (χ1) is 13.5. The van der Waals surface area contributed by atoms with Gasteiger partial charge in [-0.05, 0) is 18.6 Å². The average molecular weight is 383 g/mol. The Morgan fingerprint density at radius 3 is 2.61 bits per heavy atom. The van der Waals surface area contributed by atoms with Gasteiger partial charge in [-0.1, -0.05) is 37.3 Å². The normalized spacial score (nSPS) is 12.0. The van der Waals surface area contributed by atoms with E-state index in [1.165, 1.54) is 4.57 Å². The maximum Gasteiger partial charge on any atom is 0.329 e. The molecule has 0 aliphatic heterocycles. The van der Waals surface area contributed by atoms with Crippen molar-refractivity contribution in [3.8, 4) is 0 Å². The van der Waals surface area contributed by atoms with E-state index in [1.54, 1.807) is 17.6 Å². The summed E-state index contributed by atoms with van der Waals surface area (Å²) in [4.78, 5) is 39.1. The highest BCUT2D eigenvalue weighted by atomic mass is 16.3. The number of furan rings is 1. The first kappa shape index (κ1) is 19.4. The molecule has 0 saturated heterocycles. The highest BCUT2D eigenvalue weighted by Gasteiger charge is 2.25. The van der Waals surface area contributed by atoms with Gasteiger partial charge in [0.15, 0.2) is 11.8 Å². The maximum absolute atomic E-state index is 12.8. The third kappa shape index (κ3) is 3.96. The number of hydrogen-bond donors (Lipinski definition) is 3. The Morgan fingerprint density at radius 1 is 1.21 bits per heavy atom. The van der Waals surface area contributed by atoms with Crippen molar-refractivity contribution in [3.63, 3.8) is 0 Å². The monoisotopic (exact) mass is 383 g/mol. The van der Waals surface area contributed by atoms with Crippen molar-refractivity contribution in [2.45, 2.75) is 25.9 Å². The number of nitrogens with two attached hydrogens (primary N) is 2. The first-order valence-electron chi connectivity index (χ1n) is 9.10. The van der Waals surface area contributed by atoms with E-state index in [-0.39, 0.29) is 24.0 Å². The number of nitrogens with zero attached hydrogens (tertiary/aromatic N) is 1. The topological polar surface area (TPSA) is 128 Å². The van der Waals surface area contributed by atoms with Crippen molar-refractivity contribution < 1.29 is 14.5 Å². The number of quaternary nitrogens is 1. The van der Waals surface area contributed by atoms with Gasteiger partial charge in [-0.3, -0.25) is 19.1 Å². The molecule has 0 bridgehead atoms. The summed E-state index contributed by atoms with van der Waals surface area (Å²) in [5.74, 6) is 0.149. The van der Waals surface area contributed by atoms with Crippen LogP contribution in [0.4, 0.5) is 5.82 Å². The number of ketones is 1. The average Bonchev–Trinajstić information content (AvgIpc) is 3.20. The molecule has 2 heterocycles. The Labute approximate surface area is 161 Å². The van der Waals surface area contributed by atoms with Crippen molar-refractivity contribution in [2.24, 2.45) is 0 Å². The molecule has 0 aliphatic rings. The molecule has 1 aromatic carbocycles. The Hall–Kier alpha value is -3.39. The molecule has 0 aliphatic carbocycles. The lowest BCUT2D eigenvalue weighted by Gasteiger charge is -2.14. The van der Waals surface area contributed by atoms with E-state index in [9.17, 15) is 14.4 Å². The molecule has 3 aromatic rings. The van der Waals surface area contributed by atoms with Crippen LogP contribution >= 0.6 is 0 Å². The number of aromatic nitrogens is 2. The van der Waals surface area contributed by atoms with Crippen LogP contribution in [0.25, 0.3) is 0 Å². The van der Waals surface area contributed by atoms with Crippen LogP contribution in [0.3, 0.4) is 0 Å². The zero-order chi connectivity index (χ0) is 20.1. The van der Waals surface area contributed by atoms with Gasteiger partial charge >= 0.3 is 5.69 Å². The molecule has 0 radical (unpaired) electrons. The van der Waals surface area contributed by atoms with Crippen molar-refractivity contribution >= 4 is 11.6 Å². The summed E-state index contributed by atoms with van der Waals surface area (Å²) >= 11 is 0. The number of nitrogens with one attached hydrogen (secondary N) is 1. The van der Waals surface area contributed by atoms with Gasteiger partial charge in [0, 0.05) is 12.1 Å². The lowest BCUT2D eigenvalue weighted by molar-refractivity contribution is -0.677. The van der Waals surface area contributed by atoms with Gasteiger partial charge in [0.25, 0.3) is 5.56 Å². The second kappa shape index (κ2) is 8.53. The molecule has 3 rings (SSSR count). The first-order valence-corrected chi connectivity index (χ1v) is 9.10. The number of anilines is 1. The molecule has 28 heavy (non-hydrogen) atoms. The van der Waals surface area contributed by atoms with E-state index in [2.05, 4.69) is 4.98 Å². The molecule has 0 amide bonds. The number of carbonyl (C=O) groups excluding carboxylic acids is 1. The molecule has 8 heteroatoms. The lowest BCUT2D eigenvalue weighted by atomic mass is 10.0. The fourth-order valence-corrected chi connectivity index (χ4v) is 3.17. The molecular formula is C20H23N4O4+. The van der Waals surface area contributed by atoms with Crippen LogP contribution in [-0.4, -0.2) is 21.9 Å². The Bertz CT molecular complexity index is 1050. The quantitative estimate of drug-likeness (QED) is 0.492. The van der Waals surface area contributed by atoms with Gasteiger partial charge in [-0.2, -0.15) is 0 Å². The van der Waals surface area contributed by atoms with Crippen LogP contribution < -0.4 is 22.3 Å². The maximum atomic E-state index is 12.8. The molecule has 0 fully saturated rings. The molecule has 5 N–H and O–H groups in total. The number of hydrogen-bond acceptors (Lipinski definition) is 5. The Kier molecular flexibility index (Phi) is 5.90. The van der Waals surface area contributed by atoms with Gasteiger partial charge in [0.2, 0.25) is 5.78 Å². The predicted molar refractivity (Wildman–Crippen MR) is 104 cm³/mol. The minimum atomic E-state index is -0.762. The standard InChI is InChI=1S/C20H22N4O4/c1-2-10-24-18(21)16(19(26)23-20(24)27)14(25)12-22-17(15-9-6-11-28-15)13-7-4-3-5-8-13/h3-9,11,17,22H,2,10,12,21H2,1H3,(H,23,26,27)/p+1/t17-/m0/s1. The molecule has 0 unspecified atom stereocenters. The fraction of sp³-hybridized carbons (Fsp3) is 0.250. The molecule has 1 atom stereocenters. The second-order valence-electron chi connectivity index (χ2n) is 6.44. The van der Waals surface area contributed by atoms with E-state index in [0.29, 0.717) is 18.7 Å². The summed E-state index contributed by atoms with van der Waals surface area (Å²) in [5.41, 5.74) is 5.38. The largest absolute Gasteiger partial charge is 0.463 e. The van der Waals surface area contributed by atoms with Gasteiger partial charge < -0.3 is 15.5 Å². The van der Waals surface area contributed by atoms with Crippen LogP contribution in [-0.2, 0) is 6.54 Å². The number of rotatable bonds is 8. The van der Waals surface area contributed by atoms with E-state index >= 15 is 0 Å². The zero-order valence-electron chi connectivity index (χ0n) is 15.6. The second-order valence-corrected chi connectivity index (χ2v) is 6.44. The number of Topliss-reactive ketones (excluding diaryl/α,β-unsaturated/α-hetero) is 1. The lowest BCUT2D eigenvalue weighted by Crippen LogP contribution is -2.87. The molecule has 8 nitrogen and oxygen atoms in total. The molecule has 2 aromatic heterocycles. The SMILES string of the molecule is CCCn1c(N)c(C(=O)C[NH2+][C@@H](c2ccccc2)c2ccco2)c(=O)[nH]c1=O. The van der Waals surface area contributed by atoms with Crippen LogP contribution in [0.5, 0.6) is 0 Å². The van der Waals surface area contributed by atoms with Gasteiger partial charge in [0.05, 0.1) is 6.26 Å². The summed E-state index contributed by atoms with van der Waals surface area (Å²) in [7, 11) is 0. The third-order valence-electron chi connectivity index (χ3n) is 4.51.